The molecule has 0 bridgehead atoms. The van der Waals surface area contributed by atoms with Crippen LogP contribution in [-0.2, 0) is 6.42 Å². The van der Waals surface area contributed by atoms with Gasteiger partial charge in [-0.25, -0.2) is 9.37 Å². The van der Waals surface area contributed by atoms with Gasteiger partial charge in [-0.1, -0.05) is 12.1 Å². The summed E-state index contributed by atoms with van der Waals surface area (Å²) in [5, 5.41) is 0. The zero-order valence-electron chi connectivity index (χ0n) is 11.5. The normalized spacial score (nSPS) is 11.3. The molecule has 0 aliphatic carbocycles. The number of fused-ring (bicyclic) bond motifs is 1. The number of aromatic nitrogens is 2. The molecule has 1 heterocycles. The molecule has 0 spiro atoms. The molecule has 8 heteroatoms. The van der Waals surface area contributed by atoms with Crippen LogP contribution in [0.5, 0.6) is 5.75 Å². The number of aromatic amines is 1. The molecule has 3 aromatic rings. The average Bonchev–Trinajstić information content (AvgIpc) is 2.81. The van der Waals surface area contributed by atoms with E-state index in [9.17, 15) is 17.6 Å². The second kappa shape index (κ2) is 6.45. The SMILES string of the molecule is Cl.Fc1ccc(Cc2nc3cc(OC(F)(F)F)ccc3[nH]2)cc1. The van der Waals surface area contributed by atoms with Crippen molar-refractivity contribution in [2.24, 2.45) is 0 Å². The minimum Gasteiger partial charge on any atom is -0.406 e. The first kappa shape index (κ1) is 17.1. The van der Waals surface area contributed by atoms with Gasteiger partial charge in [-0.05, 0) is 29.8 Å². The van der Waals surface area contributed by atoms with E-state index in [0.717, 1.165) is 5.56 Å². The Morgan fingerprint density at radius 3 is 2.39 bits per heavy atom. The lowest BCUT2D eigenvalue weighted by atomic mass is 10.1. The molecular weight excluding hydrogens is 336 g/mol. The fraction of sp³-hybridized carbons (Fsp3) is 0.133. The lowest BCUT2D eigenvalue weighted by molar-refractivity contribution is -0.274. The quantitative estimate of drug-likeness (QED) is 0.703. The van der Waals surface area contributed by atoms with Crippen LogP contribution in [0.15, 0.2) is 42.5 Å². The third kappa shape index (κ3) is 4.35. The van der Waals surface area contributed by atoms with Crippen molar-refractivity contribution in [3.8, 4) is 5.75 Å². The van der Waals surface area contributed by atoms with Gasteiger partial charge in [0.05, 0.1) is 11.0 Å². The van der Waals surface area contributed by atoms with E-state index in [2.05, 4.69) is 14.7 Å². The number of nitrogens with one attached hydrogen (secondary N) is 1. The first-order valence-electron chi connectivity index (χ1n) is 6.38. The highest BCUT2D eigenvalue weighted by atomic mass is 35.5. The van der Waals surface area contributed by atoms with Gasteiger partial charge in [0.25, 0.3) is 0 Å². The van der Waals surface area contributed by atoms with Crippen LogP contribution in [0, 0.1) is 5.82 Å². The molecule has 1 aromatic heterocycles. The highest BCUT2D eigenvalue weighted by molar-refractivity contribution is 5.85. The number of hydrogen-bond acceptors (Lipinski definition) is 2. The lowest BCUT2D eigenvalue weighted by Gasteiger charge is -2.07. The van der Waals surface area contributed by atoms with E-state index >= 15 is 0 Å². The summed E-state index contributed by atoms with van der Waals surface area (Å²) < 4.78 is 53.3. The summed E-state index contributed by atoms with van der Waals surface area (Å²) in [4.78, 5) is 7.23. The van der Waals surface area contributed by atoms with Crippen LogP contribution >= 0.6 is 12.4 Å². The summed E-state index contributed by atoms with van der Waals surface area (Å²) in [5.41, 5.74) is 1.82. The third-order valence-corrected chi connectivity index (χ3v) is 3.02. The van der Waals surface area contributed by atoms with Gasteiger partial charge in [-0.2, -0.15) is 0 Å². The third-order valence-electron chi connectivity index (χ3n) is 3.02. The van der Waals surface area contributed by atoms with Gasteiger partial charge in [0.2, 0.25) is 0 Å². The molecule has 1 N–H and O–H groups in total. The Labute approximate surface area is 134 Å². The monoisotopic (exact) mass is 346 g/mol. The molecule has 0 aliphatic heterocycles. The Morgan fingerprint density at radius 1 is 1.04 bits per heavy atom. The van der Waals surface area contributed by atoms with Crippen LogP contribution in [0.2, 0.25) is 0 Å². The van der Waals surface area contributed by atoms with Crippen molar-refractivity contribution in [3.63, 3.8) is 0 Å². The van der Waals surface area contributed by atoms with Crippen molar-refractivity contribution >= 4 is 23.4 Å². The van der Waals surface area contributed by atoms with Gasteiger partial charge in [-0.3, -0.25) is 0 Å². The number of rotatable bonds is 3. The van der Waals surface area contributed by atoms with Crippen molar-refractivity contribution in [2.45, 2.75) is 12.8 Å². The Hall–Kier alpha value is -2.28. The van der Waals surface area contributed by atoms with Crippen LogP contribution in [0.3, 0.4) is 0 Å². The molecular formula is C15H11ClF4N2O. The number of hydrogen-bond donors (Lipinski definition) is 1. The van der Waals surface area contributed by atoms with Crippen molar-refractivity contribution in [3.05, 3.63) is 59.7 Å². The number of benzene rings is 2. The molecule has 122 valence electrons. The van der Waals surface area contributed by atoms with E-state index in [1.165, 1.54) is 30.3 Å². The molecule has 0 fully saturated rings. The summed E-state index contributed by atoms with van der Waals surface area (Å²) in [6.45, 7) is 0. The van der Waals surface area contributed by atoms with E-state index < -0.39 is 6.36 Å². The fourth-order valence-electron chi connectivity index (χ4n) is 2.11. The molecule has 2 aromatic carbocycles. The molecule has 0 atom stereocenters. The van der Waals surface area contributed by atoms with Crippen LogP contribution in [0.25, 0.3) is 11.0 Å². The van der Waals surface area contributed by atoms with E-state index in [4.69, 9.17) is 0 Å². The number of imidazole rings is 1. The Kier molecular flexibility index (Phi) is 4.79. The first-order valence-corrected chi connectivity index (χ1v) is 6.38. The van der Waals surface area contributed by atoms with Gasteiger partial charge < -0.3 is 9.72 Å². The van der Waals surface area contributed by atoms with Crippen molar-refractivity contribution in [1.29, 1.82) is 0 Å². The predicted molar refractivity (Wildman–Crippen MR) is 79.2 cm³/mol. The standard InChI is InChI=1S/C15H10F4N2O.ClH/c16-10-3-1-9(2-4-10)7-14-20-12-6-5-11(8-13(12)21-14)22-15(17,18)19;/h1-6,8H,7H2,(H,20,21);1H. The summed E-state index contributed by atoms with van der Waals surface area (Å²) in [7, 11) is 0. The topological polar surface area (TPSA) is 37.9 Å². The molecule has 0 aliphatic rings. The molecule has 23 heavy (non-hydrogen) atoms. The van der Waals surface area contributed by atoms with E-state index in [1.54, 1.807) is 12.1 Å². The van der Waals surface area contributed by atoms with Gasteiger partial charge in [0.15, 0.2) is 0 Å². The maximum Gasteiger partial charge on any atom is 0.573 e. The van der Waals surface area contributed by atoms with Crippen molar-refractivity contribution < 1.29 is 22.3 Å². The highest BCUT2D eigenvalue weighted by Crippen LogP contribution is 2.25. The Morgan fingerprint density at radius 2 is 1.74 bits per heavy atom. The van der Waals surface area contributed by atoms with Crippen molar-refractivity contribution in [2.75, 3.05) is 0 Å². The average molecular weight is 347 g/mol. The molecule has 0 radical (unpaired) electrons. The van der Waals surface area contributed by atoms with Crippen LogP contribution < -0.4 is 4.74 Å². The Balaban J connectivity index is 0.00000192. The van der Waals surface area contributed by atoms with Crippen LogP contribution in [-0.4, -0.2) is 16.3 Å². The lowest BCUT2D eigenvalue weighted by Crippen LogP contribution is -2.16. The highest BCUT2D eigenvalue weighted by Gasteiger charge is 2.31. The zero-order chi connectivity index (χ0) is 15.7. The minimum absolute atomic E-state index is 0. The first-order chi connectivity index (χ1) is 10.4. The maximum atomic E-state index is 12.8. The van der Waals surface area contributed by atoms with E-state index in [1.807, 2.05) is 0 Å². The minimum atomic E-state index is -4.74. The fourth-order valence-corrected chi connectivity index (χ4v) is 2.11. The van der Waals surface area contributed by atoms with Gasteiger partial charge >= 0.3 is 6.36 Å². The largest absolute Gasteiger partial charge is 0.573 e. The molecule has 0 amide bonds. The molecule has 0 saturated carbocycles. The van der Waals surface area contributed by atoms with Crippen LogP contribution in [0.1, 0.15) is 11.4 Å². The number of ether oxygens (including phenoxy) is 1. The summed E-state index contributed by atoms with van der Waals surface area (Å²) >= 11 is 0. The van der Waals surface area contributed by atoms with Gasteiger partial charge in [-0.15, -0.1) is 25.6 Å². The second-order valence-corrected chi connectivity index (χ2v) is 4.71. The van der Waals surface area contributed by atoms with Gasteiger partial charge in [0, 0.05) is 12.5 Å². The molecule has 0 saturated heterocycles. The number of halogens is 5. The molecule has 0 unspecified atom stereocenters. The van der Waals surface area contributed by atoms with E-state index in [0.29, 0.717) is 23.3 Å². The zero-order valence-corrected chi connectivity index (χ0v) is 12.3. The predicted octanol–water partition coefficient (Wildman–Crippen LogP) is 4.61. The summed E-state index contributed by atoms with van der Waals surface area (Å²) in [6, 6.07) is 9.84. The maximum absolute atomic E-state index is 12.8. The Bertz CT molecular complexity index is 799. The summed E-state index contributed by atoms with van der Waals surface area (Å²) in [6.07, 6.45) is -4.31. The molecule has 3 rings (SSSR count). The molecule has 3 nitrogen and oxygen atoms in total. The summed E-state index contributed by atoms with van der Waals surface area (Å²) in [5.74, 6) is -0.0760. The number of alkyl halides is 3. The second-order valence-electron chi connectivity index (χ2n) is 4.71. The number of nitrogens with zero attached hydrogens (tertiary/aromatic N) is 1. The van der Waals surface area contributed by atoms with Gasteiger partial charge in [0.1, 0.15) is 17.4 Å². The number of H-pyrrole nitrogens is 1. The van der Waals surface area contributed by atoms with E-state index in [-0.39, 0.29) is 24.0 Å². The smallest absolute Gasteiger partial charge is 0.406 e. The van der Waals surface area contributed by atoms with Crippen LogP contribution in [0.4, 0.5) is 17.6 Å². The van der Waals surface area contributed by atoms with Crippen molar-refractivity contribution in [1.82, 2.24) is 9.97 Å².